The van der Waals surface area contributed by atoms with Crippen molar-refractivity contribution in [1.29, 1.82) is 0 Å². The standard InChI is InChI=1S/C17H21NO2S/c1-10(17(18)20)11-6-7-14-15(8-11)21-9-12-4-2-3-5-13(12)16(14)19/h6-8,10,12-13H,2-5,9H2,1H3,(H2,18,20)/t10-,12-,13-/m0/s1. The third-order valence-electron chi connectivity index (χ3n) is 4.90. The second-order valence-corrected chi connectivity index (χ2v) is 7.27. The summed E-state index contributed by atoms with van der Waals surface area (Å²) in [6, 6.07) is 5.77. The van der Waals surface area contributed by atoms with Crippen LogP contribution in [0.5, 0.6) is 0 Å². The summed E-state index contributed by atoms with van der Waals surface area (Å²) in [4.78, 5) is 25.2. The lowest BCUT2D eigenvalue weighted by molar-refractivity contribution is -0.119. The van der Waals surface area contributed by atoms with E-state index < -0.39 is 0 Å². The third-order valence-corrected chi connectivity index (χ3v) is 6.14. The minimum Gasteiger partial charge on any atom is -0.369 e. The minimum absolute atomic E-state index is 0.201. The van der Waals surface area contributed by atoms with Gasteiger partial charge in [0.25, 0.3) is 0 Å². The zero-order valence-corrected chi connectivity index (χ0v) is 13.1. The van der Waals surface area contributed by atoms with E-state index in [2.05, 4.69) is 0 Å². The molecule has 3 rings (SSSR count). The number of hydrogen-bond acceptors (Lipinski definition) is 3. The van der Waals surface area contributed by atoms with E-state index in [4.69, 9.17) is 5.73 Å². The number of thioether (sulfide) groups is 1. The normalized spacial score (nSPS) is 26.4. The van der Waals surface area contributed by atoms with Crippen molar-refractivity contribution in [3.8, 4) is 0 Å². The van der Waals surface area contributed by atoms with Crippen LogP contribution in [0.1, 0.15) is 54.4 Å². The Morgan fingerprint density at radius 2 is 2.10 bits per heavy atom. The zero-order valence-electron chi connectivity index (χ0n) is 12.3. The number of benzene rings is 1. The summed E-state index contributed by atoms with van der Waals surface area (Å²) in [5, 5.41) is 0. The first-order chi connectivity index (χ1) is 10.1. The zero-order chi connectivity index (χ0) is 15.0. The first-order valence-corrected chi connectivity index (χ1v) is 8.66. The second-order valence-electron chi connectivity index (χ2n) is 6.21. The van der Waals surface area contributed by atoms with Gasteiger partial charge in [0.1, 0.15) is 0 Å². The number of fused-ring (bicyclic) bond motifs is 2. The number of carbonyl (C=O) groups is 2. The maximum Gasteiger partial charge on any atom is 0.224 e. The van der Waals surface area contributed by atoms with Gasteiger partial charge < -0.3 is 5.73 Å². The average Bonchev–Trinajstić information content (AvgIpc) is 2.64. The number of Topliss-reactive ketones (excluding diaryl/α,β-unsaturated/α-hetero) is 1. The maximum atomic E-state index is 12.8. The van der Waals surface area contributed by atoms with E-state index in [0.717, 1.165) is 28.2 Å². The molecule has 0 bridgehead atoms. The van der Waals surface area contributed by atoms with E-state index in [1.54, 1.807) is 11.8 Å². The van der Waals surface area contributed by atoms with Crippen LogP contribution in [0.4, 0.5) is 0 Å². The highest BCUT2D eigenvalue weighted by molar-refractivity contribution is 7.99. The van der Waals surface area contributed by atoms with E-state index in [-0.39, 0.29) is 17.7 Å². The average molecular weight is 303 g/mol. The van der Waals surface area contributed by atoms with Crippen LogP contribution in [0.15, 0.2) is 23.1 Å². The first kappa shape index (κ1) is 14.6. The number of nitrogens with two attached hydrogens (primary N) is 1. The molecule has 3 nitrogen and oxygen atoms in total. The Labute approximate surface area is 129 Å². The first-order valence-electron chi connectivity index (χ1n) is 7.68. The SMILES string of the molecule is C[C@H](C(N)=O)c1ccc2c(c1)SC[C@@H]1CCCC[C@@H]1C2=O. The number of amides is 1. The summed E-state index contributed by atoms with van der Waals surface area (Å²) in [6.07, 6.45) is 4.61. The van der Waals surface area contributed by atoms with Gasteiger partial charge in [0.2, 0.25) is 5.91 Å². The number of primary amides is 1. The quantitative estimate of drug-likeness (QED) is 0.911. The molecule has 1 amide bonds. The van der Waals surface area contributed by atoms with Gasteiger partial charge in [0.05, 0.1) is 5.92 Å². The van der Waals surface area contributed by atoms with Crippen molar-refractivity contribution in [3.05, 3.63) is 29.3 Å². The molecule has 1 aromatic carbocycles. The molecule has 4 heteroatoms. The molecule has 3 atom stereocenters. The van der Waals surface area contributed by atoms with Gasteiger partial charge in [-0.1, -0.05) is 18.9 Å². The van der Waals surface area contributed by atoms with E-state index in [1.807, 2.05) is 25.1 Å². The Morgan fingerprint density at radius 3 is 2.86 bits per heavy atom. The molecule has 2 N–H and O–H groups in total. The molecule has 2 aliphatic rings. The molecule has 0 aromatic heterocycles. The molecule has 1 heterocycles. The van der Waals surface area contributed by atoms with Gasteiger partial charge in [-0.15, -0.1) is 11.8 Å². The topological polar surface area (TPSA) is 60.2 Å². The van der Waals surface area contributed by atoms with Crippen LogP contribution in [0.2, 0.25) is 0 Å². The number of carbonyl (C=O) groups excluding carboxylic acids is 2. The van der Waals surface area contributed by atoms with Gasteiger partial charge >= 0.3 is 0 Å². The summed E-state index contributed by atoms with van der Waals surface area (Å²) >= 11 is 1.77. The highest BCUT2D eigenvalue weighted by Gasteiger charge is 2.35. The third kappa shape index (κ3) is 2.73. The molecule has 0 saturated heterocycles. The molecule has 21 heavy (non-hydrogen) atoms. The van der Waals surface area contributed by atoms with Crippen LogP contribution in [0, 0.1) is 11.8 Å². The van der Waals surface area contributed by atoms with E-state index >= 15 is 0 Å². The fourth-order valence-corrected chi connectivity index (χ4v) is 4.78. The molecule has 1 aliphatic heterocycles. The fraction of sp³-hybridized carbons (Fsp3) is 0.529. The summed E-state index contributed by atoms with van der Waals surface area (Å²) in [5.74, 6) is 1.40. The van der Waals surface area contributed by atoms with Crippen LogP contribution in [0.25, 0.3) is 0 Å². The summed E-state index contributed by atoms with van der Waals surface area (Å²) < 4.78 is 0. The predicted molar refractivity (Wildman–Crippen MR) is 84.6 cm³/mol. The van der Waals surface area contributed by atoms with Crippen molar-refractivity contribution in [1.82, 2.24) is 0 Å². The summed E-state index contributed by atoms with van der Waals surface area (Å²) in [7, 11) is 0. The van der Waals surface area contributed by atoms with Gasteiger partial charge in [0, 0.05) is 22.1 Å². The monoisotopic (exact) mass is 303 g/mol. The Bertz CT molecular complexity index is 584. The largest absolute Gasteiger partial charge is 0.369 e. The van der Waals surface area contributed by atoms with Crippen LogP contribution in [-0.2, 0) is 4.79 Å². The summed E-state index contributed by atoms with van der Waals surface area (Å²) in [6.45, 7) is 1.81. The number of hydrogen-bond donors (Lipinski definition) is 1. The number of rotatable bonds is 2. The number of ketones is 1. The molecule has 0 radical (unpaired) electrons. The molecular formula is C17H21NO2S. The molecule has 0 spiro atoms. The Morgan fingerprint density at radius 1 is 1.33 bits per heavy atom. The van der Waals surface area contributed by atoms with Crippen LogP contribution >= 0.6 is 11.8 Å². The lowest BCUT2D eigenvalue weighted by Crippen LogP contribution is -2.27. The highest BCUT2D eigenvalue weighted by atomic mass is 32.2. The van der Waals surface area contributed by atoms with E-state index in [1.165, 1.54) is 19.3 Å². The van der Waals surface area contributed by atoms with Crippen molar-refractivity contribution in [2.24, 2.45) is 17.6 Å². The molecule has 1 fully saturated rings. The fourth-order valence-electron chi connectivity index (χ4n) is 3.44. The Kier molecular flexibility index (Phi) is 4.07. The predicted octanol–water partition coefficient (Wildman–Crippen LogP) is 3.37. The van der Waals surface area contributed by atoms with Crippen molar-refractivity contribution < 1.29 is 9.59 Å². The molecule has 1 aromatic rings. The van der Waals surface area contributed by atoms with Crippen LogP contribution in [-0.4, -0.2) is 17.4 Å². The van der Waals surface area contributed by atoms with Crippen molar-refractivity contribution >= 4 is 23.5 Å². The van der Waals surface area contributed by atoms with Crippen molar-refractivity contribution in [3.63, 3.8) is 0 Å². The smallest absolute Gasteiger partial charge is 0.224 e. The summed E-state index contributed by atoms with van der Waals surface area (Å²) in [5.41, 5.74) is 7.14. The highest BCUT2D eigenvalue weighted by Crippen LogP contribution is 2.42. The van der Waals surface area contributed by atoms with Crippen molar-refractivity contribution in [2.75, 3.05) is 5.75 Å². The molecular weight excluding hydrogens is 282 g/mol. The second kappa shape index (κ2) is 5.84. The molecule has 1 aliphatic carbocycles. The molecule has 112 valence electrons. The van der Waals surface area contributed by atoms with Crippen LogP contribution in [0.3, 0.4) is 0 Å². The van der Waals surface area contributed by atoms with Gasteiger partial charge in [-0.05, 0) is 43.4 Å². The maximum absolute atomic E-state index is 12.8. The lowest BCUT2D eigenvalue weighted by atomic mass is 9.76. The molecule has 0 unspecified atom stereocenters. The van der Waals surface area contributed by atoms with Crippen LogP contribution < -0.4 is 5.73 Å². The van der Waals surface area contributed by atoms with Gasteiger partial charge in [-0.2, -0.15) is 0 Å². The van der Waals surface area contributed by atoms with Crippen molar-refractivity contribution in [2.45, 2.75) is 43.4 Å². The van der Waals surface area contributed by atoms with Gasteiger partial charge in [0.15, 0.2) is 5.78 Å². The Balaban J connectivity index is 1.95. The minimum atomic E-state index is -0.325. The van der Waals surface area contributed by atoms with Gasteiger partial charge in [-0.25, -0.2) is 0 Å². The lowest BCUT2D eigenvalue weighted by Gasteiger charge is -2.28. The van der Waals surface area contributed by atoms with E-state index in [9.17, 15) is 9.59 Å². The Hall–Kier alpha value is -1.29. The molecule has 1 saturated carbocycles. The van der Waals surface area contributed by atoms with E-state index in [0.29, 0.717) is 11.7 Å². The van der Waals surface area contributed by atoms with Gasteiger partial charge in [-0.3, -0.25) is 9.59 Å².